The van der Waals surface area contributed by atoms with Gasteiger partial charge in [-0.05, 0) is 51.8 Å². The number of amides is 1. The van der Waals surface area contributed by atoms with Crippen LogP contribution in [0.25, 0.3) is 10.9 Å². The second-order valence-electron chi connectivity index (χ2n) is 7.23. The van der Waals surface area contributed by atoms with Crippen molar-refractivity contribution in [3.05, 3.63) is 46.2 Å². The molecule has 2 N–H and O–H groups in total. The van der Waals surface area contributed by atoms with E-state index < -0.39 is 0 Å². The van der Waals surface area contributed by atoms with Gasteiger partial charge in [0.15, 0.2) is 0 Å². The summed E-state index contributed by atoms with van der Waals surface area (Å²) in [6.07, 6.45) is 0. The van der Waals surface area contributed by atoms with Gasteiger partial charge in [0, 0.05) is 17.6 Å². The van der Waals surface area contributed by atoms with Gasteiger partial charge in [-0.2, -0.15) is 5.10 Å². The second kappa shape index (κ2) is 6.94. The molecule has 1 amide bonds. The molecule has 0 aliphatic heterocycles. The van der Waals surface area contributed by atoms with Crippen molar-refractivity contribution in [1.29, 1.82) is 0 Å². The number of benzene rings is 1. The number of hydrogen-bond donors (Lipinski definition) is 2. The minimum Gasteiger partial charge on any atom is -0.358 e. The van der Waals surface area contributed by atoms with Gasteiger partial charge in [-0.15, -0.1) is 0 Å². The molecule has 0 aliphatic rings. The normalized spacial score (nSPS) is 12.5. The summed E-state index contributed by atoms with van der Waals surface area (Å²) in [4.78, 5) is 20.3. The van der Waals surface area contributed by atoms with Crippen LogP contribution in [0.2, 0.25) is 0 Å². The fourth-order valence-electron chi connectivity index (χ4n) is 3.36. The van der Waals surface area contributed by atoms with E-state index in [4.69, 9.17) is 0 Å². The molecule has 1 atom stereocenters. The highest BCUT2D eigenvalue weighted by Crippen LogP contribution is 2.26. The lowest BCUT2D eigenvalue weighted by Gasteiger charge is -2.14. The molecule has 0 fully saturated rings. The third-order valence-electron chi connectivity index (χ3n) is 4.95. The van der Waals surface area contributed by atoms with Crippen LogP contribution >= 0.6 is 0 Å². The van der Waals surface area contributed by atoms with E-state index in [2.05, 4.69) is 53.3 Å². The third kappa shape index (κ3) is 3.49. The van der Waals surface area contributed by atoms with Crippen LogP contribution in [0.5, 0.6) is 0 Å². The summed E-state index contributed by atoms with van der Waals surface area (Å²) >= 11 is 0. The highest BCUT2D eigenvalue weighted by molar-refractivity contribution is 5.88. The quantitative estimate of drug-likeness (QED) is 0.739. The fourth-order valence-corrected chi connectivity index (χ4v) is 3.36. The molecule has 0 spiro atoms. The Hall–Kier alpha value is -2.63. The van der Waals surface area contributed by atoms with Crippen molar-refractivity contribution < 1.29 is 4.79 Å². The van der Waals surface area contributed by atoms with Crippen molar-refractivity contribution in [2.75, 3.05) is 0 Å². The van der Waals surface area contributed by atoms with Crippen LogP contribution in [-0.2, 0) is 17.9 Å². The van der Waals surface area contributed by atoms with E-state index in [1.54, 1.807) is 4.68 Å². The summed E-state index contributed by atoms with van der Waals surface area (Å²) in [7, 11) is 0. The van der Waals surface area contributed by atoms with Crippen LogP contribution in [0, 0.1) is 40.5 Å². The molecule has 3 aromatic rings. The number of aromatic nitrogens is 4. The van der Waals surface area contributed by atoms with Gasteiger partial charge in [0.1, 0.15) is 11.6 Å². The van der Waals surface area contributed by atoms with Gasteiger partial charge in [-0.1, -0.05) is 18.6 Å². The van der Waals surface area contributed by atoms with E-state index >= 15 is 0 Å². The number of rotatable bonds is 5. The molecule has 0 radical (unpaired) electrons. The van der Waals surface area contributed by atoms with Gasteiger partial charge >= 0.3 is 0 Å². The highest BCUT2D eigenvalue weighted by Gasteiger charge is 2.17. The first-order valence-electron chi connectivity index (χ1n) is 9.00. The third-order valence-corrected chi connectivity index (χ3v) is 4.95. The Morgan fingerprint density at radius 2 is 1.96 bits per heavy atom. The molecule has 0 aliphatic carbocycles. The van der Waals surface area contributed by atoms with Gasteiger partial charge in [0.25, 0.3) is 0 Å². The number of carbonyl (C=O) groups is 1. The number of nitrogens with zero attached hydrogens (tertiary/aromatic N) is 3. The van der Waals surface area contributed by atoms with Crippen molar-refractivity contribution in [3.63, 3.8) is 0 Å². The summed E-state index contributed by atoms with van der Waals surface area (Å²) < 4.78 is 1.79. The number of aromatic amines is 1. The maximum absolute atomic E-state index is 12.5. The first kappa shape index (κ1) is 18.2. The van der Waals surface area contributed by atoms with Gasteiger partial charge in [-0.25, -0.2) is 9.67 Å². The average molecular weight is 353 g/mol. The predicted octanol–water partition coefficient (Wildman–Crippen LogP) is 3.25. The largest absolute Gasteiger partial charge is 0.358 e. The van der Waals surface area contributed by atoms with E-state index in [9.17, 15) is 4.79 Å². The summed E-state index contributed by atoms with van der Waals surface area (Å²) in [6, 6.07) is 4.32. The van der Waals surface area contributed by atoms with Crippen LogP contribution in [0.3, 0.4) is 0 Å². The lowest BCUT2D eigenvalue weighted by molar-refractivity contribution is -0.125. The van der Waals surface area contributed by atoms with E-state index in [0.717, 1.165) is 22.7 Å². The van der Waals surface area contributed by atoms with Crippen molar-refractivity contribution in [2.24, 2.45) is 5.92 Å². The maximum Gasteiger partial charge on any atom is 0.224 e. The second-order valence-corrected chi connectivity index (χ2v) is 7.23. The molecular weight excluding hydrogens is 326 g/mol. The van der Waals surface area contributed by atoms with Gasteiger partial charge in [-0.3, -0.25) is 4.79 Å². The number of fused-ring (bicyclic) bond motifs is 1. The molecule has 0 saturated heterocycles. The lowest BCUT2D eigenvalue weighted by Crippen LogP contribution is -2.31. The maximum atomic E-state index is 12.5. The number of aryl methyl sites for hydroxylation is 5. The zero-order chi connectivity index (χ0) is 19.0. The van der Waals surface area contributed by atoms with Gasteiger partial charge < -0.3 is 10.3 Å². The molecule has 6 heteroatoms. The Bertz CT molecular complexity index is 966. The molecule has 26 heavy (non-hydrogen) atoms. The number of nitrogens with one attached hydrogen (secondary N) is 2. The lowest BCUT2D eigenvalue weighted by atomic mass is 10.0. The minimum atomic E-state index is -0.179. The van der Waals surface area contributed by atoms with E-state index in [1.807, 2.05) is 20.8 Å². The predicted molar refractivity (Wildman–Crippen MR) is 103 cm³/mol. The summed E-state index contributed by atoms with van der Waals surface area (Å²) in [6.45, 7) is 13.0. The standard InChI is InChI=1S/C20H27N5O/c1-11-7-17(19-18(8-11)13(3)14(4)22-19)9-21-20(26)12(2)10-25-16(6)23-15(5)24-25/h7-8,12,22H,9-10H2,1-6H3,(H,21,26)/t12-/m0/s1. The first-order chi connectivity index (χ1) is 12.3. The van der Waals surface area contributed by atoms with E-state index in [1.165, 1.54) is 22.2 Å². The monoisotopic (exact) mass is 353 g/mol. The van der Waals surface area contributed by atoms with Crippen LogP contribution in [0.15, 0.2) is 12.1 Å². The Kier molecular flexibility index (Phi) is 4.85. The minimum absolute atomic E-state index is 0.0206. The summed E-state index contributed by atoms with van der Waals surface area (Å²) in [5, 5.41) is 8.64. The molecule has 2 heterocycles. The zero-order valence-corrected chi connectivity index (χ0v) is 16.4. The first-order valence-corrected chi connectivity index (χ1v) is 9.00. The van der Waals surface area contributed by atoms with Gasteiger partial charge in [0.05, 0.1) is 18.0 Å². The Morgan fingerprint density at radius 3 is 2.62 bits per heavy atom. The highest BCUT2D eigenvalue weighted by atomic mass is 16.1. The number of hydrogen-bond acceptors (Lipinski definition) is 3. The smallest absolute Gasteiger partial charge is 0.224 e. The van der Waals surface area contributed by atoms with Crippen LogP contribution in [0.4, 0.5) is 0 Å². The molecular formula is C20H27N5O. The Morgan fingerprint density at radius 1 is 1.23 bits per heavy atom. The molecule has 3 rings (SSSR count). The topological polar surface area (TPSA) is 75.6 Å². The number of carbonyl (C=O) groups excluding carboxylic acids is 1. The molecule has 0 saturated carbocycles. The molecule has 2 aromatic heterocycles. The fraction of sp³-hybridized carbons (Fsp3) is 0.450. The van der Waals surface area contributed by atoms with Crippen molar-refractivity contribution >= 4 is 16.8 Å². The summed E-state index contributed by atoms with van der Waals surface area (Å²) in [5.74, 6) is 1.41. The molecule has 0 unspecified atom stereocenters. The zero-order valence-electron chi connectivity index (χ0n) is 16.4. The van der Waals surface area contributed by atoms with Crippen molar-refractivity contribution in [3.8, 4) is 0 Å². The Labute approximate surface area is 154 Å². The van der Waals surface area contributed by atoms with Crippen LogP contribution in [0.1, 0.15) is 41.0 Å². The van der Waals surface area contributed by atoms with Gasteiger partial charge in [0.2, 0.25) is 5.91 Å². The molecule has 138 valence electrons. The van der Waals surface area contributed by atoms with Crippen LogP contribution < -0.4 is 5.32 Å². The van der Waals surface area contributed by atoms with Crippen molar-refractivity contribution in [2.45, 2.75) is 54.6 Å². The molecule has 0 bridgehead atoms. The molecule has 1 aromatic carbocycles. The van der Waals surface area contributed by atoms with Crippen molar-refractivity contribution in [1.82, 2.24) is 25.1 Å². The van der Waals surface area contributed by atoms with Crippen LogP contribution in [-0.4, -0.2) is 25.7 Å². The van der Waals surface area contributed by atoms with E-state index in [-0.39, 0.29) is 11.8 Å². The Balaban J connectivity index is 1.72. The van der Waals surface area contributed by atoms with E-state index in [0.29, 0.717) is 13.1 Å². The number of H-pyrrole nitrogens is 1. The SMILES string of the molecule is Cc1cc(CNC(=O)[C@@H](C)Cn2nc(C)nc2C)c2[nH]c(C)c(C)c2c1. The average Bonchev–Trinajstić information content (AvgIpc) is 3.04. The molecule has 6 nitrogen and oxygen atoms in total. The summed E-state index contributed by atoms with van der Waals surface area (Å²) in [5.41, 5.74) is 5.86.